The molecular weight excluding hydrogens is 222 g/mol. The van der Waals surface area contributed by atoms with Gasteiger partial charge in [0.1, 0.15) is 0 Å². The first-order valence-electron chi connectivity index (χ1n) is 7.27. The van der Waals surface area contributed by atoms with Gasteiger partial charge in [0.15, 0.2) is 0 Å². The van der Waals surface area contributed by atoms with E-state index in [9.17, 15) is 0 Å². The van der Waals surface area contributed by atoms with Crippen LogP contribution in [0.15, 0.2) is 0 Å². The fraction of sp³-hybridized carbons (Fsp3) is 1.00. The second-order valence-electron chi connectivity index (χ2n) is 8.04. The van der Waals surface area contributed by atoms with Gasteiger partial charge in [-0.1, -0.05) is 13.8 Å². The van der Waals surface area contributed by atoms with Gasteiger partial charge in [-0.2, -0.15) is 0 Å². The molecule has 0 amide bonds. The predicted molar refractivity (Wildman–Crippen MR) is 79.8 cm³/mol. The van der Waals surface area contributed by atoms with E-state index in [-0.39, 0.29) is 16.5 Å². The summed E-state index contributed by atoms with van der Waals surface area (Å²) in [7, 11) is 0. The summed E-state index contributed by atoms with van der Waals surface area (Å²) in [4.78, 5) is 2.59. The summed E-state index contributed by atoms with van der Waals surface area (Å²) in [6.45, 7) is 18.0. The number of nitrogens with one attached hydrogen (secondary N) is 1. The Bertz CT molecular complexity index is 251. The van der Waals surface area contributed by atoms with Gasteiger partial charge in [-0.25, -0.2) is 0 Å². The zero-order chi connectivity index (χ0) is 14.0. The molecule has 1 fully saturated rings. The van der Waals surface area contributed by atoms with E-state index < -0.39 is 0 Å². The molecule has 3 N–H and O–H groups in total. The Morgan fingerprint density at radius 3 is 1.89 bits per heavy atom. The average molecular weight is 255 g/mol. The van der Waals surface area contributed by atoms with Gasteiger partial charge in [0.25, 0.3) is 0 Å². The standard InChI is InChI=1S/C15H33N3/c1-13(2,11-16)12-18-9-7-14(3,4)17-15(5,6)8-10-18/h17H,7-12,16H2,1-6H3. The molecule has 1 heterocycles. The molecule has 0 aromatic rings. The highest BCUT2D eigenvalue weighted by Gasteiger charge is 2.32. The molecule has 18 heavy (non-hydrogen) atoms. The van der Waals surface area contributed by atoms with Crippen molar-refractivity contribution in [3.8, 4) is 0 Å². The molecule has 108 valence electrons. The van der Waals surface area contributed by atoms with Gasteiger partial charge in [0, 0.05) is 17.6 Å². The van der Waals surface area contributed by atoms with Gasteiger partial charge in [-0.05, 0) is 65.6 Å². The quantitative estimate of drug-likeness (QED) is 0.812. The Morgan fingerprint density at radius 1 is 1.06 bits per heavy atom. The minimum Gasteiger partial charge on any atom is -0.330 e. The minimum atomic E-state index is 0.217. The van der Waals surface area contributed by atoms with E-state index in [0.29, 0.717) is 0 Å². The summed E-state index contributed by atoms with van der Waals surface area (Å²) in [6.07, 6.45) is 2.38. The highest BCUT2D eigenvalue weighted by molar-refractivity contribution is 4.92. The first-order valence-corrected chi connectivity index (χ1v) is 7.27. The minimum absolute atomic E-state index is 0.217. The van der Waals surface area contributed by atoms with Crippen LogP contribution in [0, 0.1) is 5.41 Å². The molecule has 1 rings (SSSR count). The molecule has 0 radical (unpaired) electrons. The maximum atomic E-state index is 5.86. The molecule has 0 aromatic carbocycles. The van der Waals surface area contributed by atoms with Crippen molar-refractivity contribution in [2.75, 3.05) is 26.2 Å². The maximum absolute atomic E-state index is 5.86. The van der Waals surface area contributed by atoms with Crippen LogP contribution < -0.4 is 11.1 Å². The predicted octanol–water partition coefficient (Wildman–Crippen LogP) is 2.21. The van der Waals surface area contributed by atoms with E-state index in [2.05, 4.69) is 51.8 Å². The zero-order valence-corrected chi connectivity index (χ0v) is 13.3. The fourth-order valence-electron chi connectivity index (χ4n) is 2.86. The van der Waals surface area contributed by atoms with Crippen molar-refractivity contribution in [2.45, 2.75) is 65.5 Å². The third-order valence-corrected chi connectivity index (χ3v) is 3.99. The zero-order valence-electron chi connectivity index (χ0n) is 13.3. The number of hydrogen-bond acceptors (Lipinski definition) is 3. The monoisotopic (exact) mass is 255 g/mol. The third kappa shape index (κ3) is 5.25. The van der Waals surface area contributed by atoms with Crippen LogP contribution in [0.2, 0.25) is 0 Å². The number of nitrogens with two attached hydrogens (primary N) is 1. The molecule has 0 saturated carbocycles. The molecule has 0 aliphatic carbocycles. The van der Waals surface area contributed by atoms with Gasteiger partial charge in [-0.3, -0.25) is 0 Å². The summed E-state index contributed by atoms with van der Waals surface area (Å²) in [5.41, 5.74) is 6.52. The highest BCUT2D eigenvalue weighted by atomic mass is 15.2. The van der Waals surface area contributed by atoms with Gasteiger partial charge < -0.3 is 16.0 Å². The van der Waals surface area contributed by atoms with Gasteiger partial charge in [0.05, 0.1) is 0 Å². The van der Waals surface area contributed by atoms with E-state index in [1.54, 1.807) is 0 Å². The topological polar surface area (TPSA) is 41.3 Å². The lowest BCUT2D eigenvalue weighted by atomic mass is 9.88. The molecule has 3 nitrogen and oxygen atoms in total. The number of hydrogen-bond donors (Lipinski definition) is 2. The smallest absolute Gasteiger partial charge is 0.0142 e. The normalized spacial score (nSPS) is 25.5. The first-order chi connectivity index (χ1) is 8.05. The number of rotatable bonds is 3. The van der Waals surface area contributed by atoms with Crippen molar-refractivity contribution in [1.82, 2.24) is 10.2 Å². The van der Waals surface area contributed by atoms with Crippen LogP contribution in [0.5, 0.6) is 0 Å². The van der Waals surface area contributed by atoms with E-state index >= 15 is 0 Å². The number of nitrogens with zero attached hydrogens (tertiary/aromatic N) is 1. The fourth-order valence-corrected chi connectivity index (χ4v) is 2.86. The summed E-state index contributed by atoms with van der Waals surface area (Å²) in [6, 6.07) is 0. The summed E-state index contributed by atoms with van der Waals surface area (Å²) < 4.78 is 0. The van der Waals surface area contributed by atoms with Crippen LogP contribution in [-0.2, 0) is 0 Å². The second kappa shape index (κ2) is 5.48. The summed E-state index contributed by atoms with van der Waals surface area (Å²) in [5.74, 6) is 0. The molecule has 1 aliphatic rings. The molecule has 1 saturated heterocycles. The van der Waals surface area contributed by atoms with Crippen molar-refractivity contribution in [2.24, 2.45) is 11.1 Å². The molecule has 3 heteroatoms. The molecule has 0 unspecified atom stereocenters. The SMILES string of the molecule is CC(C)(CN)CN1CCC(C)(C)NC(C)(C)CC1. The summed E-state index contributed by atoms with van der Waals surface area (Å²) >= 11 is 0. The van der Waals surface area contributed by atoms with Crippen molar-refractivity contribution in [3.63, 3.8) is 0 Å². The Hall–Kier alpha value is -0.120. The first kappa shape index (κ1) is 15.9. The average Bonchev–Trinajstić information content (AvgIpc) is 2.19. The van der Waals surface area contributed by atoms with Crippen LogP contribution in [0.4, 0.5) is 0 Å². The van der Waals surface area contributed by atoms with E-state index in [1.165, 1.54) is 25.9 Å². The molecular formula is C15H33N3. The molecule has 0 atom stereocenters. The lowest BCUT2D eigenvalue weighted by Gasteiger charge is -2.43. The molecule has 0 spiro atoms. The van der Waals surface area contributed by atoms with Gasteiger partial charge in [0.2, 0.25) is 0 Å². The van der Waals surface area contributed by atoms with Crippen molar-refractivity contribution < 1.29 is 0 Å². The highest BCUT2D eigenvalue weighted by Crippen LogP contribution is 2.24. The Balaban J connectivity index is 2.67. The Morgan fingerprint density at radius 2 is 1.50 bits per heavy atom. The van der Waals surface area contributed by atoms with E-state index in [0.717, 1.165) is 13.1 Å². The molecule has 0 bridgehead atoms. The molecule has 0 aromatic heterocycles. The van der Waals surface area contributed by atoms with Crippen molar-refractivity contribution in [1.29, 1.82) is 0 Å². The van der Waals surface area contributed by atoms with Crippen LogP contribution in [0.25, 0.3) is 0 Å². The Labute approximate surface area is 113 Å². The van der Waals surface area contributed by atoms with E-state index in [1.807, 2.05) is 0 Å². The second-order valence-corrected chi connectivity index (χ2v) is 8.04. The van der Waals surface area contributed by atoms with Gasteiger partial charge in [-0.15, -0.1) is 0 Å². The van der Waals surface area contributed by atoms with Crippen LogP contribution in [0.1, 0.15) is 54.4 Å². The largest absolute Gasteiger partial charge is 0.330 e. The maximum Gasteiger partial charge on any atom is 0.0142 e. The van der Waals surface area contributed by atoms with Crippen LogP contribution in [-0.4, -0.2) is 42.2 Å². The van der Waals surface area contributed by atoms with Gasteiger partial charge >= 0.3 is 0 Å². The lowest BCUT2D eigenvalue weighted by Crippen LogP contribution is -2.57. The van der Waals surface area contributed by atoms with Crippen LogP contribution >= 0.6 is 0 Å². The van der Waals surface area contributed by atoms with E-state index in [4.69, 9.17) is 5.73 Å². The van der Waals surface area contributed by atoms with Crippen LogP contribution in [0.3, 0.4) is 0 Å². The molecule has 1 aliphatic heterocycles. The lowest BCUT2D eigenvalue weighted by molar-refractivity contribution is 0.114. The Kier molecular flexibility index (Phi) is 4.85. The van der Waals surface area contributed by atoms with Crippen molar-refractivity contribution >= 4 is 0 Å². The summed E-state index contributed by atoms with van der Waals surface area (Å²) in [5, 5.41) is 3.78. The third-order valence-electron chi connectivity index (χ3n) is 3.99. The van der Waals surface area contributed by atoms with Crippen molar-refractivity contribution in [3.05, 3.63) is 0 Å².